The van der Waals surface area contributed by atoms with Crippen LogP contribution in [0.5, 0.6) is 0 Å². The Morgan fingerprint density at radius 3 is 2.65 bits per heavy atom. The number of hydrogen-bond acceptors (Lipinski definition) is 3. The molecule has 104 valence electrons. The lowest BCUT2D eigenvalue weighted by atomic mass is 10.1. The molecule has 0 saturated heterocycles. The van der Waals surface area contributed by atoms with E-state index >= 15 is 0 Å². The van der Waals surface area contributed by atoms with Gasteiger partial charge in [0, 0.05) is 0 Å². The molecule has 0 atom stereocenters. The van der Waals surface area contributed by atoms with Crippen LogP contribution in [0.2, 0.25) is 0 Å². The van der Waals surface area contributed by atoms with E-state index in [9.17, 15) is 9.59 Å². The second-order valence-electron chi connectivity index (χ2n) is 3.99. The first-order valence-corrected chi connectivity index (χ1v) is 7.08. The Morgan fingerprint density at radius 2 is 1.95 bits per heavy atom. The largest absolute Gasteiger partial charge is 0.467 e. The third kappa shape index (κ3) is 3.71. The fourth-order valence-electron chi connectivity index (χ4n) is 1.65. The number of nitrogens with one attached hydrogen (secondary N) is 2. The Hall–Kier alpha value is -2.08. The van der Waals surface area contributed by atoms with Gasteiger partial charge in [-0.25, -0.2) is 0 Å². The summed E-state index contributed by atoms with van der Waals surface area (Å²) in [6.45, 7) is 0.298. The fourth-order valence-corrected chi connectivity index (χ4v) is 1.79. The third-order valence-corrected chi connectivity index (χ3v) is 3.08. The lowest BCUT2D eigenvalue weighted by Gasteiger charge is -2.10. The van der Waals surface area contributed by atoms with Crippen LogP contribution in [0.4, 0.5) is 5.69 Å². The molecule has 0 radical (unpaired) electrons. The summed E-state index contributed by atoms with van der Waals surface area (Å²) in [6.07, 6.45) is 1.55. The number of para-hydroxylation sites is 1. The lowest BCUT2D eigenvalue weighted by molar-refractivity contribution is -0.113. The highest BCUT2D eigenvalue weighted by Crippen LogP contribution is 2.15. The maximum atomic E-state index is 12.1. The highest BCUT2D eigenvalue weighted by molar-refractivity contribution is 9.09. The van der Waals surface area contributed by atoms with Crippen LogP contribution in [0.25, 0.3) is 0 Å². The minimum atomic E-state index is -0.271. The van der Waals surface area contributed by atoms with Crippen LogP contribution in [0.15, 0.2) is 47.1 Å². The first-order valence-electron chi connectivity index (χ1n) is 5.96. The first kappa shape index (κ1) is 14.3. The predicted octanol–water partition coefficient (Wildman–Crippen LogP) is 2.54. The second kappa shape index (κ2) is 6.91. The number of carbonyl (C=O) groups is 2. The second-order valence-corrected chi connectivity index (χ2v) is 4.55. The van der Waals surface area contributed by atoms with Gasteiger partial charge < -0.3 is 15.1 Å². The molecule has 2 amide bonds. The maximum Gasteiger partial charge on any atom is 0.253 e. The predicted molar refractivity (Wildman–Crippen MR) is 78.7 cm³/mol. The van der Waals surface area contributed by atoms with Crippen molar-refractivity contribution < 1.29 is 14.0 Å². The number of furan rings is 1. The van der Waals surface area contributed by atoms with Crippen LogP contribution in [-0.2, 0) is 11.3 Å². The topological polar surface area (TPSA) is 71.3 Å². The minimum Gasteiger partial charge on any atom is -0.467 e. The van der Waals surface area contributed by atoms with Gasteiger partial charge in [0.15, 0.2) is 0 Å². The van der Waals surface area contributed by atoms with E-state index in [1.807, 2.05) is 0 Å². The fraction of sp³-hybridized carbons (Fsp3) is 0.143. The summed E-state index contributed by atoms with van der Waals surface area (Å²) >= 11 is 3.07. The smallest absolute Gasteiger partial charge is 0.253 e. The quantitative estimate of drug-likeness (QED) is 0.824. The van der Waals surface area contributed by atoms with E-state index in [1.54, 1.807) is 42.7 Å². The monoisotopic (exact) mass is 336 g/mol. The van der Waals surface area contributed by atoms with Gasteiger partial charge in [0.25, 0.3) is 5.91 Å². The Morgan fingerprint density at radius 1 is 1.15 bits per heavy atom. The number of benzene rings is 1. The van der Waals surface area contributed by atoms with Gasteiger partial charge in [0.05, 0.1) is 29.4 Å². The molecule has 2 rings (SSSR count). The average Bonchev–Trinajstić information content (AvgIpc) is 2.98. The van der Waals surface area contributed by atoms with Gasteiger partial charge in [-0.15, -0.1) is 0 Å². The van der Waals surface area contributed by atoms with Gasteiger partial charge in [-0.1, -0.05) is 28.1 Å². The molecule has 5 nitrogen and oxygen atoms in total. The molecule has 0 fully saturated rings. The number of rotatable bonds is 5. The van der Waals surface area contributed by atoms with Crippen molar-refractivity contribution in [3.63, 3.8) is 0 Å². The number of alkyl halides is 1. The number of anilines is 1. The van der Waals surface area contributed by atoms with E-state index in [2.05, 4.69) is 26.6 Å². The number of halogens is 1. The van der Waals surface area contributed by atoms with Crippen LogP contribution in [-0.4, -0.2) is 17.1 Å². The minimum absolute atomic E-state index is 0.176. The van der Waals surface area contributed by atoms with Gasteiger partial charge in [-0.3, -0.25) is 9.59 Å². The normalized spacial score (nSPS) is 10.1. The summed E-state index contributed by atoms with van der Waals surface area (Å²) in [4.78, 5) is 23.5. The zero-order chi connectivity index (χ0) is 14.4. The summed E-state index contributed by atoms with van der Waals surface area (Å²) in [6, 6.07) is 10.4. The molecule has 20 heavy (non-hydrogen) atoms. The molecular formula is C14H13BrN2O3. The van der Waals surface area contributed by atoms with E-state index in [1.165, 1.54) is 0 Å². The van der Waals surface area contributed by atoms with Gasteiger partial charge in [-0.05, 0) is 24.3 Å². The molecule has 0 aliphatic rings. The molecule has 6 heteroatoms. The Kier molecular flexibility index (Phi) is 4.95. The van der Waals surface area contributed by atoms with Crippen molar-refractivity contribution in [3.8, 4) is 0 Å². The average molecular weight is 337 g/mol. The summed E-state index contributed by atoms with van der Waals surface area (Å²) in [5.74, 6) is 0.184. The number of carbonyl (C=O) groups excluding carboxylic acids is 2. The van der Waals surface area contributed by atoms with E-state index in [0.717, 1.165) is 0 Å². The molecule has 1 heterocycles. The Bertz CT molecular complexity index is 596. The zero-order valence-electron chi connectivity index (χ0n) is 10.6. The summed E-state index contributed by atoms with van der Waals surface area (Å²) in [7, 11) is 0. The van der Waals surface area contributed by atoms with Crippen molar-refractivity contribution in [3.05, 3.63) is 54.0 Å². The van der Waals surface area contributed by atoms with Gasteiger partial charge >= 0.3 is 0 Å². The molecule has 1 aromatic carbocycles. The summed E-state index contributed by atoms with van der Waals surface area (Å²) in [5, 5.41) is 5.58. The zero-order valence-corrected chi connectivity index (χ0v) is 12.1. The van der Waals surface area contributed by atoms with E-state index < -0.39 is 0 Å². The SMILES string of the molecule is O=C(CBr)Nc1ccccc1C(=O)NCc1ccco1. The molecule has 0 saturated carbocycles. The van der Waals surface area contributed by atoms with Crippen LogP contribution >= 0.6 is 15.9 Å². The van der Waals surface area contributed by atoms with Crippen molar-refractivity contribution in [2.75, 3.05) is 10.6 Å². The molecule has 2 N–H and O–H groups in total. The maximum absolute atomic E-state index is 12.1. The number of hydrogen-bond donors (Lipinski definition) is 2. The number of amides is 2. The third-order valence-electron chi connectivity index (χ3n) is 2.57. The van der Waals surface area contributed by atoms with Gasteiger partial charge in [-0.2, -0.15) is 0 Å². The van der Waals surface area contributed by atoms with E-state index in [0.29, 0.717) is 23.6 Å². The van der Waals surface area contributed by atoms with Crippen LogP contribution < -0.4 is 10.6 Å². The van der Waals surface area contributed by atoms with E-state index in [-0.39, 0.29) is 17.1 Å². The highest BCUT2D eigenvalue weighted by Gasteiger charge is 2.12. The molecular weight excluding hydrogens is 324 g/mol. The molecule has 0 aliphatic heterocycles. The van der Waals surface area contributed by atoms with Crippen LogP contribution in [0, 0.1) is 0 Å². The first-order chi connectivity index (χ1) is 9.70. The molecule has 0 unspecified atom stereocenters. The van der Waals surface area contributed by atoms with Crippen molar-refractivity contribution in [2.24, 2.45) is 0 Å². The van der Waals surface area contributed by atoms with Gasteiger partial charge in [0.2, 0.25) is 5.91 Å². The molecule has 0 spiro atoms. The summed E-state index contributed by atoms with van der Waals surface area (Å²) in [5.41, 5.74) is 0.891. The molecule has 2 aromatic rings. The van der Waals surface area contributed by atoms with Crippen molar-refractivity contribution in [1.82, 2.24) is 5.32 Å². The van der Waals surface area contributed by atoms with Crippen LogP contribution in [0.1, 0.15) is 16.1 Å². The van der Waals surface area contributed by atoms with Crippen molar-refractivity contribution >= 4 is 33.4 Å². The van der Waals surface area contributed by atoms with Crippen molar-refractivity contribution in [1.29, 1.82) is 0 Å². The van der Waals surface area contributed by atoms with Crippen LogP contribution in [0.3, 0.4) is 0 Å². The Balaban J connectivity index is 2.07. The summed E-state index contributed by atoms with van der Waals surface area (Å²) < 4.78 is 5.14. The molecule has 0 aliphatic carbocycles. The van der Waals surface area contributed by atoms with E-state index in [4.69, 9.17) is 4.42 Å². The molecule has 1 aromatic heterocycles. The Labute approximate surface area is 124 Å². The standard InChI is InChI=1S/C14H13BrN2O3/c15-8-13(18)17-12-6-2-1-5-11(12)14(19)16-9-10-4-3-7-20-10/h1-7H,8-9H2,(H,16,19)(H,17,18). The highest BCUT2D eigenvalue weighted by atomic mass is 79.9. The molecule has 0 bridgehead atoms. The van der Waals surface area contributed by atoms with Gasteiger partial charge in [0.1, 0.15) is 5.76 Å². The lowest BCUT2D eigenvalue weighted by Crippen LogP contribution is -2.24. The van der Waals surface area contributed by atoms with Crippen molar-refractivity contribution in [2.45, 2.75) is 6.54 Å².